The predicted octanol–water partition coefficient (Wildman–Crippen LogP) is 1.46. The molecule has 2 rings (SSSR count). The van der Waals surface area contributed by atoms with Gasteiger partial charge in [0.2, 0.25) is 5.91 Å². The normalized spacial score (nSPS) is 15.1. The molecular formula is C18H26FN3O3. The SMILES string of the molecule is CCN(CC)C(=O)CN1CCN(C(=O)c2cc(F)ccc2OC)CC1. The van der Waals surface area contributed by atoms with Crippen LogP contribution in [0, 0.1) is 5.82 Å². The number of benzene rings is 1. The van der Waals surface area contributed by atoms with Crippen molar-refractivity contribution in [3.8, 4) is 5.75 Å². The molecule has 0 atom stereocenters. The van der Waals surface area contributed by atoms with Gasteiger partial charge in [0.15, 0.2) is 0 Å². The van der Waals surface area contributed by atoms with Gasteiger partial charge in [-0.1, -0.05) is 0 Å². The van der Waals surface area contributed by atoms with Crippen molar-refractivity contribution in [3.63, 3.8) is 0 Å². The summed E-state index contributed by atoms with van der Waals surface area (Å²) in [6.07, 6.45) is 0. The number of carbonyl (C=O) groups excluding carboxylic acids is 2. The quantitative estimate of drug-likeness (QED) is 0.779. The van der Waals surface area contributed by atoms with E-state index in [1.54, 1.807) is 9.80 Å². The van der Waals surface area contributed by atoms with Crippen LogP contribution in [-0.4, -0.2) is 79.4 Å². The first-order valence-corrected chi connectivity index (χ1v) is 8.63. The van der Waals surface area contributed by atoms with Crippen LogP contribution in [0.3, 0.4) is 0 Å². The summed E-state index contributed by atoms with van der Waals surface area (Å²) in [5.41, 5.74) is 0.232. The third-order valence-electron chi connectivity index (χ3n) is 4.53. The first kappa shape index (κ1) is 19.2. The molecule has 0 spiro atoms. The van der Waals surface area contributed by atoms with Gasteiger partial charge in [-0.25, -0.2) is 4.39 Å². The molecule has 1 aromatic carbocycles. The van der Waals surface area contributed by atoms with E-state index in [-0.39, 0.29) is 17.4 Å². The van der Waals surface area contributed by atoms with Crippen LogP contribution in [0.4, 0.5) is 4.39 Å². The van der Waals surface area contributed by atoms with Crippen LogP contribution in [0.15, 0.2) is 18.2 Å². The fourth-order valence-electron chi connectivity index (χ4n) is 2.99. The molecule has 0 N–H and O–H groups in total. The molecule has 0 unspecified atom stereocenters. The fourth-order valence-corrected chi connectivity index (χ4v) is 2.99. The average Bonchev–Trinajstić information content (AvgIpc) is 2.62. The second-order valence-corrected chi connectivity index (χ2v) is 5.98. The van der Waals surface area contributed by atoms with Crippen molar-refractivity contribution in [3.05, 3.63) is 29.6 Å². The zero-order chi connectivity index (χ0) is 18.4. The summed E-state index contributed by atoms with van der Waals surface area (Å²) in [5.74, 6) is -0.235. The van der Waals surface area contributed by atoms with Crippen molar-refractivity contribution < 1.29 is 18.7 Å². The Balaban J connectivity index is 1.95. The lowest BCUT2D eigenvalue weighted by molar-refractivity contribution is -0.132. The third-order valence-corrected chi connectivity index (χ3v) is 4.53. The van der Waals surface area contributed by atoms with Crippen molar-refractivity contribution in [2.24, 2.45) is 0 Å². The van der Waals surface area contributed by atoms with Crippen LogP contribution in [0.2, 0.25) is 0 Å². The highest BCUT2D eigenvalue weighted by molar-refractivity contribution is 5.97. The van der Waals surface area contributed by atoms with E-state index in [0.29, 0.717) is 51.6 Å². The number of hydrogen-bond donors (Lipinski definition) is 0. The Kier molecular flexibility index (Phi) is 6.75. The maximum atomic E-state index is 13.5. The van der Waals surface area contributed by atoms with Crippen molar-refractivity contribution in [2.45, 2.75) is 13.8 Å². The highest BCUT2D eigenvalue weighted by Crippen LogP contribution is 2.21. The maximum Gasteiger partial charge on any atom is 0.257 e. The highest BCUT2D eigenvalue weighted by atomic mass is 19.1. The number of carbonyl (C=O) groups is 2. The molecule has 2 amide bonds. The highest BCUT2D eigenvalue weighted by Gasteiger charge is 2.26. The van der Waals surface area contributed by atoms with Gasteiger partial charge in [0.25, 0.3) is 5.91 Å². The molecular weight excluding hydrogens is 325 g/mol. The third kappa shape index (κ3) is 4.69. The first-order chi connectivity index (χ1) is 12.0. The van der Waals surface area contributed by atoms with Gasteiger partial charge in [0.05, 0.1) is 19.2 Å². The van der Waals surface area contributed by atoms with Crippen LogP contribution >= 0.6 is 0 Å². The molecule has 1 saturated heterocycles. The van der Waals surface area contributed by atoms with Crippen molar-refractivity contribution in [2.75, 3.05) is 52.9 Å². The average molecular weight is 351 g/mol. The minimum absolute atomic E-state index is 0.108. The largest absolute Gasteiger partial charge is 0.496 e. The molecule has 1 aliphatic rings. The molecule has 1 aromatic rings. The fraction of sp³-hybridized carbons (Fsp3) is 0.556. The Labute approximate surface area is 148 Å². The summed E-state index contributed by atoms with van der Waals surface area (Å²) < 4.78 is 18.6. The van der Waals surface area contributed by atoms with Crippen LogP contribution in [0.5, 0.6) is 5.75 Å². The van der Waals surface area contributed by atoms with Gasteiger partial charge in [0.1, 0.15) is 11.6 Å². The number of piperazine rings is 1. The number of amides is 2. The van der Waals surface area contributed by atoms with Crippen LogP contribution < -0.4 is 4.74 Å². The Morgan fingerprint density at radius 3 is 2.36 bits per heavy atom. The lowest BCUT2D eigenvalue weighted by Crippen LogP contribution is -2.51. The Morgan fingerprint density at radius 2 is 1.80 bits per heavy atom. The molecule has 138 valence electrons. The molecule has 0 aliphatic carbocycles. The molecule has 0 aromatic heterocycles. The number of hydrogen-bond acceptors (Lipinski definition) is 4. The zero-order valence-electron chi connectivity index (χ0n) is 15.1. The van der Waals surface area contributed by atoms with E-state index in [0.717, 1.165) is 0 Å². The van der Waals surface area contributed by atoms with Crippen LogP contribution in [0.25, 0.3) is 0 Å². The van der Waals surface area contributed by atoms with E-state index in [2.05, 4.69) is 0 Å². The molecule has 25 heavy (non-hydrogen) atoms. The monoisotopic (exact) mass is 351 g/mol. The summed E-state index contributed by atoms with van der Waals surface area (Å²) in [6, 6.07) is 3.94. The molecule has 0 radical (unpaired) electrons. The van der Waals surface area contributed by atoms with E-state index in [1.165, 1.54) is 25.3 Å². The van der Waals surface area contributed by atoms with E-state index in [4.69, 9.17) is 4.74 Å². The Bertz CT molecular complexity index is 612. The minimum Gasteiger partial charge on any atom is -0.496 e. The number of rotatable bonds is 6. The molecule has 6 nitrogen and oxygen atoms in total. The lowest BCUT2D eigenvalue weighted by Gasteiger charge is -2.35. The van der Waals surface area contributed by atoms with E-state index < -0.39 is 5.82 Å². The molecule has 0 bridgehead atoms. The number of methoxy groups -OCH3 is 1. The Morgan fingerprint density at radius 1 is 1.16 bits per heavy atom. The van der Waals surface area contributed by atoms with Gasteiger partial charge in [-0.3, -0.25) is 14.5 Å². The summed E-state index contributed by atoms with van der Waals surface area (Å²) in [6.45, 7) is 7.95. The number of ether oxygens (including phenoxy) is 1. The standard InChI is InChI=1S/C18H26FN3O3/c1-4-21(5-2)17(23)13-20-8-10-22(11-9-20)18(24)15-12-14(19)6-7-16(15)25-3/h6-7,12H,4-5,8-11,13H2,1-3H3. The zero-order valence-corrected chi connectivity index (χ0v) is 15.1. The minimum atomic E-state index is -0.465. The Hall–Kier alpha value is -2.15. The predicted molar refractivity (Wildman–Crippen MR) is 93.2 cm³/mol. The van der Waals surface area contributed by atoms with Gasteiger partial charge in [-0.05, 0) is 32.0 Å². The van der Waals surface area contributed by atoms with Gasteiger partial charge in [-0.15, -0.1) is 0 Å². The van der Waals surface area contributed by atoms with Crippen LogP contribution in [-0.2, 0) is 4.79 Å². The van der Waals surface area contributed by atoms with E-state index >= 15 is 0 Å². The van der Waals surface area contributed by atoms with Crippen molar-refractivity contribution >= 4 is 11.8 Å². The van der Waals surface area contributed by atoms with Crippen LogP contribution in [0.1, 0.15) is 24.2 Å². The molecule has 1 heterocycles. The van der Waals surface area contributed by atoms with Gasteiger partial charge in [0, 0.05) is 39.3 Å². The number of likely N-dealkylation sites (N-methyl/N-ethyl adjacent to an activating group) is 1. The first-order valence-electron chi connectivity index (χ1n) is 8.63. The molecule has 1 fully saturated rings. The summed E-state index contributed by atoms with van der Waals surface area (Å²) in [4.78, 5) is 30.3. The smallest absolute Gasteiger partial charge is 0.257 e. The number of nitrogens with zero attached hydrogens (tertiary/aromatic N) is 3. The van der Waals surface area contributed by atoms with Crippen molar-refractivity contribution in [1.82, 2.24) is 14.7 Å². The molecule has 0 saturated carbocycles. The van der Waals surface area contributed by atoms with E-state index in [1.807, 2.05) is 18.7 Å². The summed E-state index contributed by atoms with van der Waals surface area (Å²) in [7, 11) is 1.46. The topological polar surface area (TPSA) is 53.1 Å². The van der Waals surface area contributed by atoms with Gasteiger partial charge >= 0.3 is 0 Å². The summed E-state index contributed by atoms with van der Waals surface area (Å²) >= 11 is 0. The molecule has 1 aliphatic heterocycles. The van der Waals surface area contributed by atoms with Gasteiger partial charge < -0.3 is 14.5 Å². The number of halogens is 1. The van der Waals surface area contributed by atoms with Gasteiger partial charge in [-0.2, -0.15) is 0 Å². The maximum absolute atomic E-state index is 13.5. The second kappa shape index (κ2) is 8.80. The van der Waals surface area contributed by atoms with Crippen molar-refractivity contribution in [1.29, 1.82) is 0 Å². The van der Waals surface area contributed by atoms with E-state index in [9.17, 15) is 14.0 Å². The lowest BCUT2D eigenvalue weighted by atomic mass is 10.1. The molecule has 7 heteroatoms. The second-order valence-electron chi connectivity index (χ2n) is 5.98. The summed E-state index contributed by atoms with van der Waals surface area (Å²) in [5, 5.41) is 0.